The van der Waals surface area contributed by atoms with E-state index < -0.39 is 0 Å². The molecule has 0 atom stereocenters. The number of rotatable bonds is 4. The maximum Gasteiger partial charge on any atom is 0.252 e. The lowest BCUT2D eigenvalue weighted by atomic mass is 10.1. The number of nitrogens with one attached hydrogen (secondary N) is 1. The Balaban J connectivity index is 1.66. The van der Waals surface area contributed by atoms with E-state index in [2.05, 4.69) is 36.5 Å². The highest BCUT2D eigenvalue weighted by molar-refractivity contribution is 7.19. The van der Waals surface area contributed by atoms with Crippen molar-refractivity contribution in [2.45, 2.75) is 13.3 Å². The van der Waals surface area contributed by atoms with Crippen molar-refractivity contribution >= 4 is 38.9 Å². The van der Waals surface area contributed by atoms with Crippen LogP contribution in [0.2, 0.25) is 5.02 Å². The van der Waals surface area contributed by atoms with Crippen LogP contribution in [0.15, 0.2) is 48.5 Å². The van der Waals surface area contributed by atoms with E-state index in [9.17, 15) is 4.79 Å². The molecule has 0 spiro atoms. The average molecular weight is 330 g/mol. The summed E-state index contributed by atoms with van der Waals surface area (Å²) in [4.78, 5) is 13.4. The van der Waals surface area contributed by atoms with Crippen molar-refractivity contribution in [3.63, 3.8) is 0 Å². The van der Waals surface area contributed by atoms with Gasteiger partial charge in [0, 0.05) is 16.1 Å². The van der Waals surface area contributed by atoms with Gasteiger partial charge in [0.1, 0.15) is 0 Å². The number of hydrogen-bond donors (Lipinski definition) is 1. The van der Waals surface area contributed by atoms with Crippen LogP contribution in [0.25, 0.3) is 10.1 Å². The largest absolute Gasteiger partial charge is 0.352 e. The fraction of sp³-hybridized carbons (Fsp3) is 0.167. The van der Waals surface area contributed by atoms with E-state index in [-0.39, 0.29) is 5.91 Å². The Morgan fingerprint density at radius 1 is 1.14 bits per heavy atom. The third-order valence-corrected chi connectivity index (χ3v) is 5.36. The van der Waals surface area contributed by atoms with Gasteiger partial charge in [0.05, 0.1) is 10.6 Å². The third kappa shape index (κ3) is 3.01. The Bertz CT molecular complexity index is 825. The molecule has 0 unspecified atom stereocenters. The molecular weight excluding hydrogens is 314 g/mol. The van der Waals surface area contributed by atoms with E-state index in [0.717, 1.165) is 6.42 Å². The standard InChI is InChI=1S/C18H16ClNOS/c1-12-13-6-3-5-9-17(13)22-16(12)10-11-20-18(21)14-7-2-4-8-15(14)19/h2-9H,10-11H2,1H3,(H,20,21). The summed E-state index contributed by atoms with van der Waals surface area (Å²) in [5.41, 5.74) is 1.84. The number of carbonyl (C=O) groups is 1. The first-order valence-electron chi connectivity index (χ1n) is 7.16. The molecule has 4 heteroatoms. The summed E-state index contributed by atoms with van der Waals surface area (Å²) >= 11 is 7.83. The van der Waals surface area contributed by atoms with Gasteiger partial charge >= 0.3 is 0 Å². The number of aryl methyl sites for hydroxylation is 1. The predicted molar refractivity (Wildman–Crippen MR) is 94.1 cm³/mol. The Hall–Kier alpha value is -1.84. The number of halogens is 1. The smallest absolute Gasteiger partial charge is 0.252 e. The molecular formula is C18H16ClNOS. The molecule has 112 valence electrons. The highest BCUT2D eigenvalue weighted by atomic mass is 35.5. The fourth-order valence-corrected chi connectivity index (χ4v) is 3.93. The normalized spacial score (nSPS) is 10.8. The van der Waals surface area contributed by atoms with Gasteiger partial charge < -0.3 is 5.32 Å². The first-order chi connectivity index (χ1) is 10.7. The zero-order chi connectivity index (χ0) is 15.5. The molecule has 0 aliphatic rings. The molecule has 1 heterocycles. The first-order valence-corrected chi connectivity index (χ1v) is 8.36. The SMILES string of the molecule is Cc1c(CCNC(=O)c2ccccc2Cl)sc2ccccc12. The van der Waals surface area contributed by atoms with Gasteiger partial charge in [-0.25, -0.2) is 0 Å². The van der Waals surface area contributed by atoms with Gasteiger partial charge in [-0.05, 0) is 42.5 Å². The maximum absolute atomic E-state index is 12.1. The number of thiophene rings is 1. The van der Waals surface area contributed by atoms with Crippen molar-refractivity contribution in [1.29, 1.82) is 0 Å². The molecule has 0 bridgehead atoms. The van der Waals surface area contributed by atoms with Crippen LogP contribution in [0.5, 0.6) is 0 Å². The lowest BCUT2D eigenvalue weighted by molar-refractivity contribution is 0.0954. The second kappa shape index (κ2) is 6.51. The van der Waals surface area contributed by atoms with Crippen LogP contribution in [0.4, 0.5) is 0 Å². The molecule has 1 N–H and O–H groups in total. The Morgan fingerprint density at radius 2 is 1.86 bits per heavy atom. The molecule has 2 aromatic carbocycles. The summed E-state index contributed by atoms with van der Waals surface area (Å²) in [6.07, 6.45) is 0.835. The number of carbonyl (C=O) groups excluding carboxylic acids is 1. The molecule has 3 aromatic rings. The maximum atomic E-state index is 12.1. The molecule has 1 aromatic heterocycles. The Morgan fingerprint density at radius 3 is 2.64 bits per heavy atom. The van der Waals surface area contributed by atoms with Crippen LogP contribution in [0, 0.1) is 6.92 Å². The minimum atomic E-state index is -0.121. The fourth-order valence-electron chi connectivity index (χ4n) is 2.49. The summed E-state index contributed by atoms with van der Waals surface area (Å²) in [6, 6.07) is 15.5. The molecule has 0 radical (unpaired) electrons. The van der Waals surface area contributed by atoms with Crippen molar-refractivity contribution in [2.75, 3.05) is 6.54 Å². The molecule has 0 aliphatic heterocycles. The molecule has 1 amide bonds. The van der Waals surface area contributed by atoms with Crippen LogP contribution in [-0.2, 0) is 6.42 Å². The summed E-state index contributed by atoms with van der Waals surface area (Å²) in [6.45, 7) is 2.75. The molecule has 0 fully saturated rings. The van der Waals surface area contributed by atoms with E-state index in [4.69, 9.17) is 11.6 Å². The van der Waals surface area contributed by atoms with Crippen molar-refractivity contribution in [2.24, 2.45) is 0 Å². The van der Waals surface area contributed by atoms with Crippen molar-refractivity contribution in [1.82, 2.24) is 5.32 Å². The molecule has 2 nitrogen and oxygen atoms in total. The van der Waals surface area contributed by atoms with Crippen LogP contribution < -0.4 is 5.32 Å². The quantitative estimate of drug-likeness (QED) is 0.729. The minimum Gasteiger partial charge on any atom is -0.352 e. The van der Waals surface area contributed by atoms with Crippen LogP contribution in [-0.4, -0.2) is 12.5 Å². The first kappa shape index (κ1) is 15.1. The van der Waals surface area contributed by atoms with E-state index in [1.54, 1.807) is 23.5 Å². The van der Waals surface area contributed by atoms with E-state index in [0.29, 0.717) is 17.1 Å². The molecule has 0 saturated carbocycles. The minimum absolute atomic E-state index is 0.121. The lowest BCUT2D eigenvalue weighted by Crippen LogP contribution is -2.25. The second-order valence-corrected chi connectivity index (χ2v) is 6.68. The highest BCUT2D eigenvalue weighted by Crippen LogP contribution is 2.30. The monoisotopic (exact) mass is 329 g/mol. The molecule has 3 rings (SSSR count). The number of hydrogen-bond acceptors (Lipinski definition) is 2. The topological polar surface area (TPSA) is 29.1 Å². The van der Waals surface area contributed by atoms with E-state index >= 15 is 0 Å². The zero-order valence-corrected chi connectivity index (χ0v) is 13.8. The van der Waals surface area contributed by atoms with Gasteiger partial charge in [0.25, 0.3) is 5.91 Å². The summed E-state index contributed by atoms with van der Waals surface area (Å²) < 4.78 is 1.30. The summed E-state index contributed by atoms with van der Waals surface area (Å²) in [7, 11) is 0. The zero-order valence-electron chi connectivity index (χ0n) is 12.2. The third-order valence-electron chi connectivity index (χ3n) is 3.70. The van der Waals surface area contributed by atoms with Crippen LogP contribution in [0.3, 0.4) is 0 Å². The van der Waals surface area contributed by atoms with E-state index in [1.165, 1.54) is 20.5 Å². The van der Waals surface area contributed by atoms with Gasteiger partial charge in [-0.1, -0.05) is 41.9 Å². The number of benzene rings is 2. The molecule has 0 aliphatic carbocycles. The Kier molecular flexibility index (Phi) is 4.46. The van der Waals surface area contributed by atoms with Crippen molar-refractivity contribution in [3.05, 3.63) is 69.6 Å². The Labute approximate surface area is 138 Å². The number of amides is 1. The average Bonchev–Trinajstić information content (AvgIpc) is 2.84. The van der Waals surface area contributed by atoms with Gasteiger partial charge in [-0.15, -0.1) is 11.3 Å². The van der Waals surface area contributed by atoms with Crippen LogP contribution >= 0.6 is 22.9 Å². The van der Waals surface area contributed by atoms with Gasteiger partial charge in [-0.2, -0.15) is 0 Å². The highest BCUT2D eigenvalue weighted by Gasteiger charge is 2.11. The van der Waals surface area contributed by atoms with Gasteiger partial charge in [0.2, 0.25) is 0 Å². The second-order valence-electron chi connectivity index (χ2n) is 5.13. The van der Waals surface area contributed by atoms with Gasteiger partial charge in [0.15, 0.2) is 0 Å². The van der Waals surface area contributed by atoms with Crippen molar-refractivity contribution in [3.8, 4) is 0 Å². The number of fused-ring (bicyclic) bond motifs is 1. The molecule has 22 heavy (non-hydrogen) atoms. The summed E-state index contributed by atoms with van der Waals surface area (Å²) in [5, 5.41) is 4.73. The van der Waals surface area contributed by atoms with E-state index in [1.807, 2.05) is 12.1 Å². The van der Waals surface area contributed by atoms with Gasteiger partial charge in [-0.3, -0.25) is 4.79 Å². The predicted octanol–water partition coefficient (Wildman–Crippen LogP) is 4.84. The molecule has 0 saturated heterocycles. The lowest BCUT2D eigenvalue weighted by Gasteiger charge is -2.06. The van der Waals surface area contributed by atoms with Crippen molar-refractivity contribution < 1.29 is 4.79 Å². The summed E-state index contributed by atoms with van der Waals surface area (Å²) in [5.74, 6) is -0.121. The van der Waals surface area contributed by atoms with Crippen LogP contribution in [0.1, 0.15) is 20.8 Å².